The highest BCUT2D eigenvalue weighted by atomic mass is 16.5. The van der Waals surface area contributed by atoms with Crippen LogP contribution in [0.4, 0.5) is 0 Å². The van der Waals surface area contributed by atoms with Crippen molar-refractivity contribution in [3.8, 4) is 0 Å². The van der Waals surface area contributed by atoms with Crippen molar-refractivity contribution in [3.05, 3.63) is 103 Å². The Balaban J connectivity index is 1.68. The van der Waals surface area contributed by atoms with Gasteiger partial charge < -0.3 is 4.74 Å². The van der Waals surface area contributed by atoms with Gasteiger partial charge in [0.25, 0.3) is 5.56 Å². The zero-order valence-electron chi connectivity index (χ0n) is 17.6. The molecule has 152 valence electrons. The molecule has 0 N–H and O–H groups in total. The fourth-order valence-electron chi connectivity index (χ4n) is 3.72. The maximum Gasteiger partial charge on any atom is 0.331 e. The Bertz CT molecular complexity index is 1090. The van der Waals surface area contributed by atoms with Gasteiger partial charge in [-0.1, -0.05) is 58.7 Å². The van der Waals surface area contributed by atoms with E-state index in [1.807, 2.05) is 26.0 Å². The number of hydrogen-bond acceptors (Lipinski definition) is 3. The lowest BCUT2D eigenvalue weighted by molar-refractivity contribution is 0.112. The Labute approximate surface area is 171 Å². The lowest BCUT2D eigenvalue weighted by Crippen LogP contribution is -2.39. The van der Waals surface area contributed by atoms with Gasteiger partial charge in [0.2, 0.25) is 0 Å². The molecule has 0 aliphatic rings. The molecule has 1 aromatic heterocycles. The highest BCUT2D eigenvalue weighted by Gasteiger charge is 2.07. The largest absolute Gasteiger partial charge is 0.375 e. The van der Waals surface area contributed by atoms with Crippen LogP contribution in [0.15, 0.2) is 58.3 Å². The van der Waals surface area contributed by atoms with Crippen LogP contribution in [0.5, 0.6) is 0 Å². The van der Waals surface area contributed by atoms with Gasteiger partial charge in [-0.3, -0.25) is 13.9 Å². The third-order valence-corrected chi connectivity index (χ3v) is 4.79. The van der Waals surface area contributed by atoms with Crippen LogP contribution in [0.1, 0.15) is 33.4 Å². The first-order valence-electron chi connectivity index (χ1n) is 9.84. The lowest BCUT2D eigenvalue weighted by Gasteiger charge is -2.12. The molecule has 5 nitrogen and oxygen atoms in total. The fourth-order valence-corrected chi connectivity index (χ4v) is 3.72. The van der Waals surface area contributed by atoms with Gasteiger partial charge in [-0.05, 0) is 38.8 Å². The molecule has 0 atom stereocenters. The van der Waals surface area contributed by atoms with Gasteiger partial charge in [-0.15, -0.1) is 0 Å². The summed E-state index contributed by atoms with van der Waals surface area (Å²) in [5.74, 6) is 0. The van der Waals surface area contributed by atoms with E-state index >= 15 is 0 Å². The van der Waals surface area contributed by atoms with E-state index in [1.165, 1.54) is 26.3 Å². The molecular weight excluding hydrogens is 364 g/mol. The summed E-state index contributed by atoms with van der Waals surface area (Å²) >= 11 is 0. The molecule has 0 spiro atoms. The Morgan fingerprint density at radius 1 is 0.793 bits per heavy atom. The molecule has 0 saturated heterocycles. The SMILES string of the molecule is Cc1cc(C)cc(COCCn2ccc(=O)n(Cc3cc(C)cc(C)c3)c2=O)c1. The molecule has 0 unspecified atom stereocenters. The molecule has 1 heterocycles. The predicted molar refractivity (Wildman–Crippen MR) is 116 cm³/mol. The van der Waals surface area contributed by atoms with Crippen LogP contribution in [0.3, 0.4) is 0 Å². The zero-order chi connectivity index (χ0) is 21.0. The first-order chi connectivity index (χ1) is 13.8. The molecule has 5 heteroatoms. The van der Waals surface area contributed by atoms with Gasteiger partial charge in [0.15, 0.2) is 0 Å². The van der Waals surface area contributed by atoms with Crippen molar-refractivity contribution in [1.82, 2.24) is 9.13 Å². The molecule has 0 radical (unpaired) electrons. The quantitative estimate of drug-likeness (QED) is 0.578. The van der Waals surface area contributed by atoms with Gasteiger partial charge in [-0.2, -0.15) is 0 Å². The number of aryl methyl sites for hydroxylation is 4. The van der Waals surface area contributed by atoms with Gasteiger partial charge in [0, 0.05) is 12.3 Å². The molecule has 3 rings (SSSR count). The van der Waals surface area contributed by atoms with Crippen molar-refractivity contribution < 1.29 is 4.74 Å². The summed E-state index contributed by atoms with van der Waals surface area (Å²) in [5, 5.41) is 0. The Morgan fingerprint density at radius 3 is 1.93 bits per heavy atom. The summed E-state index contributed by atoms with van der Waals surface area (Å²) in [7, 11) is 0. The molecule has 2 aromatic carbocycles. The standard InChI is InChI=1S/C24H28N2O3/c1-17-9-18(2)12-21(11-17)15-26-23(27)5-6-25(24(26)28)7-8-29-16-22-13-19(3)10-20(4)14-22/h5-6,9-14H,7-8,15-16H2,1-4H3. The molecular formula is C24H28N2O3. The number of rotatable bonds is 7. The number of benzene rings is 2. The van der Waals surface area contributed by atoms with Gasteiger partial charge in [0.1, 0.15) is 0 Å². The van der Waals surface area contributed by atoms with Crippen molar-refractivity contribution in [2.45, 2.75) is 47.4 Å². The van der Waals surface area contributed by atoms with Crippen LogP contribution in [0.2, 0.25) is 0 Å². The maximum absolute atomic E-state index is 12.8. The summed E-state index contributed by atoms with van der Waals surface area (Å²) in [5.41, 5.74) is 6.11. The monoisotopic (exact) mass is 392 g/mol. The summed E-state index contributed by atoms with van der Waals surface area (Å²) in [6.07, 6.45) is 1.54. The zero-order valence-corrected chi connectivity index (χ0v) is 17.6. The summed E-state index contributed by atoms with van der Waals surface area (Å²) in [4.78, 5) is 25.1. The van der Waals surface area contributed by atoms with Gasteiger partial charge >= 0.3 is 5.69 Å². The second-order valence-electron chi connectivity index (χ2n) is 7.76. The van der Waals surface area contributed by atoms with Crippen LogP contribution < -0.4 is 11.2 Å². The van der Waals surface area contributed by atoms with Crippen LogP contribution in [0.25, 0.3) is 0 Å². The van der Waals surface area contributed by atoms with E-state index in [0.717, 1.165) is 22.3 Å². The Morgan fingerprint density at radius 2 is 1.34 bits per heavy atom. The minimum atomic E-state index is -0.313. The van der Waals surface area contributed by atoms with E-state index in [9.17, 15) is 9.59 Å². The molecule has 3 aromatic rings. The average molecular weight is 392 g/mol. The molecule has 0 aliphatic carbocycles. The Hall–Kier alpha value is -2.92. The summed E-state index contributed by atoms with van der Waals surface area (Å²) < 4.78 is 8.57. The summed E-state index contributed by atoms with van der Waals surface area (Å²) in [6, 6.07) is 13.8. The highest BCUT2D eigenvalue weighted by Crippen LogP contribution is 2.10. The minimum absolute atomic E-state index is 0.268. The Kier molecular flexibility index (Phi) is 6.49. The van der Waals surface area contributed by atoms with E-state index in [-0.39, 0.29) is 17.8 Å². The first kappa shape index (κ1) is 20.8. The molecule has 0 fully saturated rings. The van der Waals surface area contributed by atoms with E-state index in [4.69, 9.17) is 4.74 Å². The number of hydrogen-bond donors (Lipinski definition) is 0. The van der Waals surface area contributed by atoms with Gasteiger partial charge in [-0.25, -0.2) is 4.79 Å². The van der Waals surface area contributed by atoms with Crippen molar-refractivity contribution in [1.29, 1.82) is 0 Å². The molecule has 29 heavy (non-hydrogen) atoms. The molecule has 0 aliphatic heterocycles. The number of aromatic nitrogens is 2. The molecule has 0 bridgehead atoms. The third kappa shape index (κ3) is 5.55. The number of ether oxygens (including phenoxy) is 1. The van der Waals surface area contributed by atoms with Crippen LogP contribution >= 0.6 is 0 Å². The van der Waals surface area contributed by atoms with Crippen LogP contribution in [-0.4, -0.2) is 15.7 Å². The number of nitrogens with zero attached hydrogens (tertiary/aromatic N) is 2. The normalized spacial score (nSPS) is 11.0. The van der Waals surface area contributed by atoms with Crippen LogP contribution in [-0.2, 0) is 24.4 Å². The fraction of sp³-hybridized carbons (Fsp3) is 0.333. The van der Waals surface area contributed by atoms with E-state index in [0.29, 0.717) is 19.8 Å². The molecule has 0 saturated carbocycles. The first-order valence-corrected chi connectivity index (χ1v) is 9.84. The van der Waals surface area contributed by atoms with Gasteiger partial charge in [0.05, 0.1) is 26.3 Å². The second kappa shape index (κ2) is 9.05. The molecule has 0 amide bonds. The minimum Gasteiger partial charge on any atom is -0.375 e. The maximum atomic E-state index is 12.8. The topological polar surface area (TPSA) is 53.2 Å². The van der Waals surface area contributed by atoms with E-state index < -0.39 is 0 Å². The average Bonchev–Trinajstić information content (AvgIpc) is 2.62. The van der Waals surface area contributed by atoms with Crippen molar-refractivity contribution >= 4 is 0 Å². The predicted octanol–water partition coefficient (Wildman–Crippen LogP) is 3.51. The van der Waals surface area contributed by atoms with Crippen LogP contribution in [0, 0.1) is 27.7 Å². The smallest absolute Gasteiger partial charge is 0.331 e. The lowest BCUT2D eigenvalue weighted by atomic mass is 10.1. The third-order valence-electron chi connectivity index (χ3n) is 4.79. The van der Waals surface area contributed by atoms with E-state index in [2.05, 4.69) is 38.1 Å². The highest BCUT2D eigenvalue weighted by molar-refractivity contribution is 5.29. The second-order valence-corrected chi connectivity index (χ2v) is 7.76. The van der Waals surface area contributed by atoms with Crippen molar-refractivity contribution in [3.63, 3.8) is 0 Å². The van der Waals surface area contributed by atoms with Crippen molar-refractivity contribution in [2.24, 2.45) is 0 Å². The summed E-state index contributed by atoms with van der Waals surface area (Å²) in [6.45, 7) is 9.71. The van der Waals surface area contributed by atoms with E-state index in [1.54, 1.807) is 6.20 Å². The van der Waals surface area contributed by atoms with Crippen molar-refractivity contribution in [2.75, 3.05) is 6.61 Å².